The summed E-state index contributed by atoms with van der Waals surface area (Å²) in [6.45, 7) is 0. The second-order valence-electron chi connectivity index (χ2n) is 7.21. The minimum atomic E-state index is -0.150. The first kappa shape index (κ1) is 20.1. The van der Waals surface area contributed by atoms with Crippen molar-refractivity contribution in [2.45, 2.75) is 0 Å². The lowest BCUT2D eigenvalue weighted by Crippen LogP contribution is -2.21. The van der Waals surface area contributed by atoms with E-state index in [2.05, 4.69) is 15.0 Å². The molecule has 3 heterocycles. The fraction of sp³-hybridized carbons (Fsp3) is 0.130. The molecule has 0 aliphatic rings. The molecule has 0 fully saturated rings. The molecule has 0 saturated heterocycles. The largest absolute Gasteiger partial charge is 0.507 e. The van der Waals surface area contributed by atoms with Gasteiger partial charge < -0.3 is 19.7 Å². The summed E-state index contributed by atoms with van der Waals surface area (Å²) < 4.78 is 5.42. The highest BCUT2D eigenvalue weighted by atomic mass is 16.5. The average Bonchev–Trinajstić information content (AvgIpc) is 3.21. The number of aromatic hydroxyl groups is 1. The minimum absolute atomic E-state index is 0.138. The number of aromatic amines is 1. The van der Waals surface area contributed by atoms with Crippen LogP contribution in [0.15, 0.2) is 49.1 Å². The molecule has 156 valence electrons. The van der Waals surface area contributed by atoms with Crippen molar-refractivity contribution in [3.8, 4) is 33.8 Å². The zero-order valence-electron chi connectivity index (χ0n) is 17.2. The van der Waals surface area contributed by atoms with Crippen LogP contribution in [0.2, 0.25) is 0 Å². The Labute approximate surface area is 178 Å². The van der Waals surface area contributed by atoms with Crippen LogP contribution in [0.5, 0.6) is 11.5 Å². The molecule has 1 amide bonds. The molecule has 4 aromatic rings. The summed E-state index contributed by atoms with van der Waals surface area (Å²) in [7, 11) is 4.87. The second kappa shape index (κ2) is 7.91. The highest BCUT2D eigenvalue weighted by Gasteiger charge is 2.17. The van der Waals surface area contributed by atoms with Crippen LogP contribution in [-0.4, -0.2) is 58.4 Å². The van der Waals surface area contributed by atoms with E-state index in [0.717, 1.165) is 22.1 Å². The molecule has 0 spiro atoms. The number of carbonyl (C=O) groups is 2. The Bertz CT molecular complexity index is 1310. The van der Waals surface area contributed by atoms with Crippen molar-refractivity contribution in [2.24, 2.45) is 0 Å². The van der Waals surface area contributed by atoms with Gasteiger partial charge in [0.05, 0.1) is 18.2 Å². The minimum Gasteiger partial charge on any atom is -0.507 e. The number of fused-ring (bicyclic) bond motifs is 1. The third kappa shape index (κ3) is 3.59. The van der Waals surface area contributed by atoms with E-state index in [0.29, 0.717) is 28.8 Å². The third-order valence-corrected chi connectivity index (χ3v) is 5.02. The van der Waals surface area contributed by atoms with Gasteiger partial charge in [0.2, 0.25) is 0 Å². The van der Waals surface area contributed by atoms with Crippen molar-refractivity contribution in [2.75, 3.05) is 21.2 Å². The molecule has 2 N–H and O–H groups in total. The van der Waals surface area contributed by atoms with Crippen LogP contribution in [0.25, 0.3) is 33.3 Å². The fourth-order valence-corrected chi connectivity index (χ4v) is 3.42. The van der Waals surface area contributed by atoms with E-state index < -0.39 is 0 Å². The van der Waals surface area contributed by atoms with Gasteiger partial charge in [0.1, 0.15) is 17.1 Å². The number of hydrogen-bond acceptors (Lipinski definition) is 6. The maximum atomic E-state index is 12.3. The van der Waals surface area contributed by atoms with Crippen molar-refractivity contribution in [1.29, 1.82) is 0 Å². The van der Waals surface area contributed by atoms with Crippen LogP contribution in [-0.2, 0) is 0 Å². The zero-order chi connectivity index (χ0) is 22.1. The molecule has 0 aliphatic heterocycles. The molecule has 0 radical (unpaired) electrons. The SMILES string of the molecule is COc1cc(O)c(C=O)cc1-c1c[nH]c2ncc(-c3cncc(C(=O)N(C)C)c3)cc12. The molecule has 0 atom stereocenters. The van der Waals surface area contributed by atoms with Gasteiger partial charge in [-0.25, -0.2) is 4.98 Å². The number of nitrogens with zero attached hydrogens (tertiary/aromatic N) is 3. The van der Waals surface area contributed by atoms with Gasteiger partial charge in [-0.1, -0.05) is 0 Å². The lowest BCUT2D eigenvalue weighted by Gasteiger charge is -2.11. The number of H-pyrrole nitrogens is 1. The van der Waals surface area contributed by atoms with E-state index >= 15 is 0 Å². The van der Waals surface area contributed by atoms with E-state index in [1.54, 1.807) is 44.8 Å². The molecule has 4 rings (SSSR count). The van der Waals surface area contributed by atoms with Gasteiger partial charge in [-0.15, -0.1) is 0 Å². The summed E-state index contributed by atoms with van der Waals surface area (Å²) in [6, 6.07) is 6.70. The number of amides is 1. The summed E-state index contributed by atoms with van der Waals surface area (Å²) in [4.78, 5) is 36.9. The Kier molecular flexibility index (Phi) is 5.12. The topological polar surface area (TPSA) is 108 Å². The van der Waals surface area contributed by atoms with Gasteiger partial charge in [-0.2, -0.15) is 0 Å². The average molecular weight is 416 g/mol. The molecule has 0 aliphatic carbocycles. The van der Waals surface area contributed by atoms with Crippen LogP contribution in [0.3, 0.4) is 0 Å². The summed E-state index contributed by atoms with van der Waals surface area (Å²) in [6.07, 6.45) is 7.27. The van der Waals surface area contributed by atoms with Crippen molar-refractivity contribution in [3.63, 3.8) is 0 Å². The molecular weight excluding hydrogens is 396 g/mol. The molecule has 1 aromatic carbocycles. The number of phenols is 1. The number of hydrogen-bond donors (Lipinski definition) is 2. The Morgan fingerprint density at radius 2 is 1.87 bits per heavy atom. The first-order valence-corrected chi connectivity index (χ1v) is 9.43. The smallest absolute Gasteiger partial charge is 0.254 e. The van der Waals surface area contributed by atoms with E-state index in [9.17, 15) is 14.7 Å². The van der Waals surface area contributed by atoms with E-state index in [1.165, 1.54) is 24.3 Å². The number of pyridine rings is 2. The molecule has 0 bridgehead atoms. The molecule has 0 saturated carbocycles. The highest BCUT2D eigenvalue weighted by molar-refractivity contribution is 5.99. The Morgan fingerprint density at radius 3 is 2.58 bits per heavy atom. The van der Waals surface area contributed by atoms with Crippen LogP contribution in [0.1, 0.15) is 20.7 Å². The predicted octanol–water partition coefficient (Wildman–Crippen LogP) is 3.52. The molecule has 8 nitrogen and oxygen atoms in total. The Hall–Kier alpha value is -4.20. The number of nitrogens with one attached hydrogen (secondary N) is 1. The van der Waals surface area contributed by atoms with Crippen molar-refractivity contribution >= 4 is 23.2 Å². The van der Waals surface area contributed by atoms with Gasteiger partial charge in [0, 0.05) is 72.6 Å². The predicted molar refractivity (Wildman–Crippen MR) is 116 cm³/mol. The molecule has 31 heavy (non-hydrogen) atoms. The highest BCUT2D eigenvalue weighted by Crippen LogP contribution is 2.39. The quantitative estimate of drug-likeness (QED) is 0.482. The molecule has 8 heteroatoms. The number of rotatable bonds is 5. The van der Waals surface area contributed by atoms with E-state index in [1.807, 2.05) is 6.07 Å². The zero-order valence-corrected chi connectivity index (χ0v) is 17.2. The normalized spacial score (nSPS) is 10.8. The number of aldehydes is 1. The van der Waals surface area contributed by atoms with Gasteiger partial charge in [0.25, 0.3) is 5.91 Å². The summed E-state index contributed by atoms with van der Waals surface area (Å²) in [5, 5.41) is 10.8. The maximum Gasteiger partial charge on any atom is 0.254 e. The molecule has 3 aromatic heterocycles. The summed E-state index contributed by atoms with van der Waals surface area (Å²) in [5.74, 6) is 0.137. The summed E-state index contributed by atoms with van der Waals surface area (Å²) in [5.41, 5.74) is 4.22. The number of aromatic nitrogens is 3. The lowest BCUT2D eigenvalue weighted by atomic mass is 9.99. The maximum absolute atomic E-state index is 12.3. The van der Waals surface area contributed by atoms with Crippen molar-refractivity contribution in [3.05, 3.63) is 60.2 Å². The first-order valence-electron chi connectivity index (χ1n) is 9.43. The van der Waals surface area contributed by atoms with Gasteiger partial charge in [-0.05, 0) is 18.2 Å². The van der Waals surface area contributed by atoms with Gasteiger partial charge in [0.15, 0.2) is 6.29 Å². The van der Waals surface area contributed by atoms with Gasteiger partial charge in [-0.3, -0.25) is 14.6 Å². The van der Waals surface area contributed by atoms with Crippen molar-refractivity contribution in [1.82, 2.24) is 19.9 Å². The van der Waals surface area contributed by atoms with E-state index in [-0.39, 0.29) is 17.2 Å². The monoisotopic (exact) mass is 416 g/mol. The van der Waals surface area contributed by atoms with Crippen LogP contribution in [0.4, 0.5) is 0 Å². The summed E-state index contributed by atoms with van der Waals surface area (Å²) >= 11 is 0. The fourth-order valence-electron chi connectivity index (χ4n) is 3.42. The Balaban J connectivity index is 1.86. The number of methoxy groups -OCH3 is 1. The number of ether oxygens (including phenoxy) is 1. The number of benzene rings is 1. The molecular formula is C23H20N4O4. The van der Waals surface area contributed by atoms with Crippen molar-refractivity contribution < 1.29 is 19.4 Å². The van der Waals surface area contributed by atoms with Crippen LogP contribution < -0.4 is 4.74 Å². The number of phenolic OH excluding ortho intramolecular Hbond substituents is 1. The third-order valence-electron chi connectivity index (χ3n) is 5.02. The number of carbonyl (C=O) groups excluding carboxylic acids is 2. The van der Waals surface area contributed by atoms with Crippen LogP contribution >= 0.6 is 0 Å². The standard InChI is InChI=1S/C23H20N4O4/c1-27(2)23(30)15-4-13(8-24-9-15)14-5-18-19(11-26-22(18)25-10-14)17-6-16(12-28)20(29)7-21(17)31-3/h4-12,29H,1-3H3,(H,25,26). The Morgan fingerprint density at radius 1 is 1.10 bits per heavy atom. The first-order chi connectivity index (χ1) is 14.9. The second-order valence-corrected chi connectivity index (χ2v) is 7.21. The van der Waals surface area contributed by atoms with Crippen LogP contribution in [0, 0.1) is 0 Å². The molecule has 0 unspecified atom stereocenters. The van der Waals surface area contributed by atoms with Gasteiger partial charge >= 0.3 is 0 Å². The van der Waals surface area contributed by atoms with E-state index in [4.69, 9.17) is 4.74 Å². The lowest BCUT2D eigenvalue weighted by molar-refractivity contribution is 0.0827.